The van der Waals surface area contributed by atoms with Gasteiger partial charge >= 0.3 is 5.97 Å². The Labute approximate surface area is 241 Å². The van der Waals surface area contributed by atoms with E-state index < -0.39 is 27.7 Å². The summed E-state index contributed by atoms with van der Waals surface area (Å²) in [5, 5.41) is 10.4. The van der Waals surface area contributed by atoms with Crippen molar-refractivity contribution in [1.82, 2.24) is 0 Å². The number of aryl methyl sites for hydroxylation is 1. The van der Waals surface area contributed by atoms with E-state index >= 15 is 0 Å². The SMILES string of the molecule is Cc1c(C=Cc2ccc(F)cc2)c(NS(C)(=O)=O)c(C)c(C(OC(C)(C)C)C(=O)O)c1-c1ccc2c(c1)CCCO2. The number of hydrogen-bond acceptors (Lipinski definition) is 5. The zero-order chi connectivity index (χ0) is 30.1. The Hall–Kier alpha value is -3.69. The topological polar surface area (TPSA) is 102 Å². The van der Waals surface area contributed by atoms with Gasteiger partial charge in [-0.1, -0.05) is 30.4 Å². The molecule has 0 bridgehead atoms. The third kappa shape index (κ3) is 7.15. The molecule has 1 atom stereocenters. The molecule has 1 heterocycles. The molecule has 1 aliphatic heterocycles. The maximum atomic E-state index is 13.5. The summed E-state index contributed by atoms with van der Waals surface area (Å²) < 4.78 is 53.1. The van der Waals surface area contributed by atoms with Crippen LogP contribution >= 0.6 is 0 Å². The molecule has 3 aromatic carbocycles. The lowest BCUT2D eigenvalue weighted by atomic mass is 9.83. The second-order valence-corrected chi connectivity index (χ2v) is 13.1. The second kappa shape index (κ2) is 11.7. The van der Waals surface area contributed by atoms with E-state index in [4.69, 9.17) is 9.47 Å². The van der Waals surface area contributed by atoms with Gasteiger partial charge in [-0.25, -0.2) is 17.6 Å². The highest BCUT2D eigenvalue weighted by Crippen LogP contribution is 2.45. The van der Waals surface area contributed by atoms with Crippen LogP contribution in [0.2, 0.25) is 0 Å². The molecule has 0 fully saturated rings. The predicted octanol–water partition coefficient (Wildman–Crippen LogP) is 6.92. The van der Waals surface area contributed by atoms with Crippen molar-refractivity contribution in [3.63, 3.8) is 0 Å². The number of hydrogen-bond donors (Lipinski definition) is 2. The van der Waals surface area contributed by atoms with E-state index in [0.29, 0.717) is 40.0 Å². The smallest absolute Gasteiger partial charge is 0.337 e. The normalized spacial score (nSPS) is 14.4. The number of benzene rings is 3. The molecule has 0 aromatic heterocycles. The van der Waals surface area contributed by atoms with Gasteiger partial charge in [-0.05, 0) is 105 Å². The van der Waals surface area contributed by atoms with Crippen LogP contribution in [0, 0.1) is 19.7 Å². The summed E-state index contributed by atoms with van der Waals surface area (Å²) >= 11 is 0. The Morgan fingerprint density at radius 3 is 2.39 bits per heavy atom. The van der Waals surface area contributed by atoms with Crippen LogP contribution < -0.4 is 9.46 Å². The first-order valence-electron chi connectivity index (χ1n) is 13.4. The van der Waals surface area contributed by atoms with Crippen LogP contribution in [0.15, 0.2) is 42.5 Å². The number of carboxylic acid groups (broad SMARTS) is 1. The maximum Gasteiger partial charge on any atom is 0.337 e. The van der Waals surface area contributed by atoms with E-state index in [-0.39, 0.29) is 11.5 Å². The number of rotatable bonds is 8. The van der Waals surface area contributed by atoms with Gasteiger partial charge in [0.2, 0.25) is 10.0 Å². The fraction of sp³-hybridized carbons (Fsp3) is 0.344. The second-order valence-electron chi connectivity index (χ2n) is 11.3. The molecule has 0 saturated heterocycles. The van der Waals surface area contributed by atoms with Gasteiger partial charge in [0.05, 0.1) is 24.2 Å². The zero-order valence-corrected chi connectivity index (χ0v) is 25.0. The third-order valence-electron chi connectivity index (χ3n) is 6.85. The Morgan fingerprint density at radius 1 is 1.10 bits per heavy atom. The molecule has 3 aromatic rings. The minimum atomic E-state index is -3.75. The third-order valence-corrected chi connectivity index (χ3v) is 7.43. The van der Waals surface area contributed by atoms with Gasteiger partial charge < -0.3 is 14.6 Å². The molecule has 218 valence electrons. The lowest BCUT2D eigenvalue weighted by Gasteiger charge is -2.31. The number of sulfonamides is 1. The number of fused-ring (bicyclic) bond motifs is 1. The molecule has 0 saturated carbocycles. The Morgan fingerprint density at radius 2 is 1.78 bits per heavy atom. The molecule has 0 radical (unpaired) electrons. The van der Waals surface area contributed by atoms with Crippen molar-refractivity contribution in [1.29, 1.82) is 0 Å². The van der Waals surface area contributed by atoms with Crippen LogP contribution in [0.4, 0.5) is 10.1 Å². The minimum Gasteiger partial charge on any atom is -0.493 e. The van der Waals surface area contributed by atoms with E-state index in [0.717, 1.165) is 36.0 Å². The number of carbonyl (C=O) groups is 1. The van der Waals surface area contributed by atoms with Crippen LogP contribution in [0.3, 0.4) is 0 Å². The monoisotopic (exact) mass is 581 g/mol. The molecular formula is C32H36FNO6S. The van der Waals surface area contributed by atoms with Crippen molar-refractivity contribution in [3.8, 4) is 16.9 Å². The van der Waals surface area contributed by atoms with Crippen molar-refractivity contribution in [2.75, 3.05) is 17.6 Å². The summed E-state index contributed by atoms with van der Waals surface area (Å²) in [6.07, 6.45) is 4.88. The van der Waals surface area contributed by atoms with Crippen LogP contribution in [-0.4, -0.2) is 38.0 Å². The molecule has 41 heavy (non-hydrogen) atoms. The number of nitrogens with one attached hydrogen (secondary N) is 1. The lowest BCUT2D eigenvalue weighted by Crippen LogP contribution is -2.29. The summed E-state index contributed by atoms with van der Waals surface area (Å²) in [6.45, 7) is 9.50. The summed E-state index contributed by atoms with van der Waals surface area (Å²) in [5.41, 5.74) is 4.61. The average Bonchev–Trinajstić information content (AvgIpc) is 2.88. The molecule has 2 N–H and O–H groups in total. The Bertz CT molecular complexity index is 1600. The Kier molecular flexibility index (Phi) is 8.61. The zero-order valence-electron chi connectivity index (χ0n) is 24.2. The fourth-order valence-electron chi connectivity index (χ4n) is 5.13. The molecule has 0 spiro atoms. The van der Waals surface area contributed by atoms with Gasteiger partial charge in [0.25, 0.3) is 0 Å². The van der Waals surface area contributed by atoms with Crippen LogP contribution in [0.25, 0.3) is 23.3 Å². The summed E-state index contributed by atoms with van der Waals surface area (Å²) in [5.74, 6) is -0.761. The van der Waals surface area contributed by atoms with E-state index in [1.54, 1.807) is 52.0 Å². The highest BCUT2D eigenvalue weighted by atomic mass is 32.2. The standard InChI is InChI=1S/C32H36FNO6S/c1-19-25(15-11-21-9-13-24(33)14-10-21)29(34-41(6,37)38)20(2)28(30(31(35)36)40-32(3,4)5)27(19)23-12-16-26-22(18-23)8-7-17-39-26/h9-16,18,30,34H,7-8,17H2,1-6H3,(H,35,36). The van der Waals surface area contributed by atoms with E-state index in [1.165, 1.54) is 12.1 Å². The molecule has 1 aliphatic rings. The molecule has 1 unspecified atom stereocenters. The van der Waals surface area contributed by atoms with E-state index in [2.05, 4.69) is 4.72 Å². The van der Waals surface area contributed by atoms with Gasteiger partial charge in [-0.2, -0.15) is 0 Å². The molecule has 4 rings (SSSR count). The average molecular weight is 582 g/mol. The first-order valence-corrected chi connectivity index (χ1v) is 15.3. The van der Waals surface area contributed by atoms with Gasteiger partial charge in [0, 0.05) is 11.1 Å². The molecule has 0 aliphatic carbocycles. The number of aliphatic carboxylic acids is 1. The number of carboxylic acids is 1. The van der Waals surface area contributed by atoms with Gasteiger partial charge in [0.1, 0.15) is 11.6 Å². The predicted molar refractivity (Wildman–Crippen MR) is 160 cm³/mol. The summed E-state index contributed by atoms with van der Waals surface area (Å²) in [6, 6.07) is 11.7. The maximum absolute atomic E-state index is 13.5. The van der Waals surface area contributed by atoms with Crippen molar-refractivity contribution in [2.24, 2.45) is 0 Å². The summed E-state index contributed by atoms with van der Waals surface area (Å²) in [4.78, 5) is 12.7. The molecule has 7 nitrogen and oxygen atoms in total. The minimum absolute atomic E-state index is 0.257. The highest BCUT2D eigenvalue weighted by Gasteiger charge is 2.34. The van der Waals surface area contributed by atoms with Crippen molar-refractivity contribution in [3.05, 3.63) is 81.7 Å². The quantitative estimate of drug-likeness (QED) is 0.280. The Balaban J connectivity index is 2.08. The van der Waals surface area contributed by atoms with Crippen LogP contribution in [0.1, 0.15) is 66.7 Å². The molecular weight excluding hydrogens is 545 g/mol. The van der Waals surface area contributed by atoms with Crippen LogP contribution in [0.5, 0.6) is 5.75 Å². The largest absolute Gasteiger partial charge is 0.493 e. The first-order chi connectivity index (χ1) is 19.1. The molecule has 9 heteroatoms. The summed E-state index contributed by atoms with van der Waals surface area (Å²) in [7, 11) is -3.75. The number of ether oxygens (including phenoxy) is 2. The van der Waals surface area contributed by atoms with Gasteiger partial charge in [0.15, 0.2) is 6.10 Å². The van der Waals surface area contributed by atoms with E-state index in [1.807, 2.05) is 25.1 Å². The van der Waals surface area contributed by atoms with Crippen molar-refractivity contribution >= 4 is 33.8 Å². The van der Waals surface area contributed by atoms with Gasteiger partial charge in [-0.15, -0.1) is 0 Å². The first kappa shape index (κ1) is 30.3. The van der Waals surface area contributed by atoms with E-state index in [9.17, 15) is 22.7 Å². The molecule has 0 amide bonds. The van der Waals surface area contributed by atoms with Gasteiger partial charge in [-0.3, -0.25) is 4.72 Å². The van der Waals surface area contributed by atoms with Crippen LogP contribution in [-0.2, 0) is 26.0 Å². The van der Waals surface area contributed by atoms with Crippen molar-refractivity contribution in [2.45, 2.75) is 59.2 Å². The lowest BCUT2D eigenvalue weighted by molar-refractivity contribution is -0.160. The number of halogens is 1. The fourth-order valence-corrected chi connectivity index (χ4v) is 5.76. The van der Waals surface area contributed by atoms with Crippen molar-refractivity contribution < 1.29 is 32.2 Å². The highest BCUT2D eigenvalue weighted by molar-refractivity contribution is 7.92. The number of anilines is 1.